The Kier molecular flexibility index (Phi) is 5.42. The lowest BCUT2D eigenvalue weighted by atomic mass is 9.94. The molecule has 3 rings (SSSR count). The van der Waals surface area contributed by atoms with E-state index >= 15 is 0 Å². The molecule has 1 aliphatic heterocycles. The van der Waals surface area contributed by atoms with Crippen molar-refractivity contribution in [2.45, 2.75) is 38.6 Å². The molecule has 1 aliphatic rings. The lowest BCUT2D eigenvalue weighted by Crippen LogP contribution is -2.42. The van der Waals surface area contributed by atoms with Crippen LogP contribution in [0, 0.1) is 18.8 Å². The Balaban J connectivity index is 2.16. The fourth-order valence-electron chi connectivity index (χ4n) is 3.67. The largest absolute Gasteiger partial charge is 0.468 e. The fourth-order valence-corrected chi connectivity index (χ4v) is 7.02. The van der Waals surface area contributed by atoms with Crippen LogP contribution >= 0.6 is 11.3 Å². The maximum atomic E-state index is 13.4. The number of sulfonamides is 1. The zero-order valence-electron chi connectivity index (χ0n) is 15.8. The Morgan fingerprint density at radius 1 is 1.33 bits per heavy atom. The van der Waals surface area contributed by atoms with Gasteiger partial charge in [-0.05, 0) is 25.2 Å². The van der Waals surface area contributed by atoms with Gasteiger partial charge in [-0.3, -0.25) is 14.2 Å². The molecule has 0 aromatic carbocycles. The molecule has 0 spiro atoms. The smallest absolute Gasteiger partial charge is 0.325 e. The van der Waals surface area contributed by atoms with Gasteiger partial charge in [-0.25, -0.2) is 13.4 Å². The van der Waals surface area contributed by atoms with Gasteiger partial charge in [0.15, 0.2) is 0 Å². The third-order valence-electron chi connectivity index (χ3n) is 4.76. The highest BCUT2D eigenvalue weighted by Crippen LogP contribution is 2.35. The van der Waals surface area contributed by atoms with Crippen molar-refractivity contribution in [2.24, 2.45) is 11.8 Å². The van der Waals surface area contributed by atoms with Crippen LogP contribution in [-0.4, -0.2) is 48.4 Å². The van der Waals surface area contributed by atoms with E-state index in [9.17, 15) is 18.0 Å². The van der Waals surface area contributed by atoms with Crippen molar-refractivity contribution in [3.05, 3.63) is 21.6 Å². The van der Waals surface area contributed by atoms with Crippen LogP contribution in [0.25, 0.3) is 10.2 Å². The molecule has 1 saturated heterocycles. The molecule has 2 unspecified atom stereocenters. The molecule has 2 aromatic heterocycles. The highest BCUT2D eigenvalue weighted by atomic mass is 32.2. The molecule has 0 saturated carbocycles. The van der Waals surface area contributed by atoms with Gasteiger partial charge in [-0.15, -0.1) is 11.3 Å². The minimum absolute atomic E-state index is 0.0144. The topological polar surface area (TPSA) is 98.6 Å². The van der Waals surface area contributed by atoms with Gasteiger partial charge in [-0.2, -0.15) is 4.31 Å². The summed E-state index contributed by atoms with van der Waals surface area (Å²) in [7, 11) is -2.62. The molecule has 0 amide bonds. The number of rotatable bonds is 4. The number of carbonyl (C=O) groups excluding carboxylic acids is 1. The molecule has 3 heterocycles. The van der Waals surface area contributed by atoms with Gasteiger partial charge in [0.05, 0.1) is 18.8 Å². The number of hydrogen-bond donors (Lipinski definition) is 0. The van der Waals surface area contributed by atoms with Crippen LogP contribution in [0.1, 0.15) is 25.1 Å². The van der Waals surface area contributed by atoms with Crippen molar-refractivity contribution in [1.29, 1.82) is 0 Å². The van der Waals surface area contributed by atoms with E-state index in [0.29, 0.717) is 22.8 Å². The first-order chi connectivity index (χ1) is 12.6. The highest BCUT2D eigenvalue weighted by molar-refractivity contribution is 7.89. The Morgan fingerprint density at radius 3 is 2.56 bits per heavy atom. The van der Waals surface area contributed by atoms with Crippen LogP contribution in [0.15, 0.2) is 16.0 Å². The number of aryl methyl sites for hydroxylation is 1. The van der Waals surface area contributed by atoms with Gasteiger partial charge in [0.1, 0.15) is 16.3 Å². The number of ether oxygens (including phenoxy) is 1. The van der Waals surface area contributed by atoms with Crippen LogP contribution in [0.4, 0.5) is 0 Å². The number of carbonyl (C=O) groups is 1. The molecule has 0 bridgehead atoms. The summed E-state index contributed by atoms with van der Waals surface area (Å²) in [6, 6.07) is 0. The van der Waals surface area contributed by atoms with Crippen molar-refractivity contribution in [3.63, 3.8) is 0 Å². The minimum Gasteiger partial charge on any atom is -0.468 e. The third-order valence-corrected chi connectivity index (χ3v) is 7.91. The summed E-state index contributed by atoms with van der Waals surface area (Å²) in [5, 5.41) is 0.0507. The first kappa shape index (κ1) is 20.0. The predicted molar refractivity (Wildman–Crippen MR) is 102 cm³/mol. The van der Waals surface area contributed by atoms with Gasteiger partial charge in [0, 0.05) is 18.0 Å². The van der Waals surface area contributed by atoms with Gasteiger partial charge >= 0.3 is 5.97 Å². The van der Waals surface area contributed by atoms with Crippen LogP contribution in [0.2, 0.25) is 0 Å². The summed E-state index contributed by atoms with van der Waals surface area (Å²) in [6.45, 7) is 6.29. The van der Waals surface area contributed by atoms with Crippen molar-refractivity contribution in [2.75, 3.05) is 20.2 Å². The van der Waals surface area contributed by atoms with Crippen LogP contribution < -0.4 is 5.56 Å². The Morgan fingerprint density at radius 2 is 1.96 bits per heavy atom. The van der Waals surface area contributed by atoms with Crippen molar-refractivity contribution in [1.82, 2.24) is 13.9 Å². The van der Waals surface area contributed by atoms with E-state index < -0.39 is 21.6 Å². The number of methoxy groups -OCH3 is 1. The summed E-state index contributed by atoms with van der Waals surface area (Å²) < 4.78 is 33.9. The van der Waals surface area contributed by atoms with Gasteiger partial charge in [-0.1, -0.05) is 13.8 Å². The number of thiophene rings is 1. The first-order valence-electron chi connectivity index (χ1n) is 8.70. The molecule has 8 nitrogen and oxygen atoms in total. The van der Waals surface area contributed by atoms with Gasteiger partial charge in [0.2, 0.25) is 10.0 Å². The number of esters is 1. The lowest BCUT2D eigenvalue weighted by Gasteiger charge is -2.34. The molecule has 0 radical (unpaired) electrons. The van der Waals surface area contributed by atoms with Crippen molar-refractivity contribution in [3.8, 4) is 0 Å². The molecule has 0 aliphatic carbocycles. The van der Waals surface area contributed by atoms with Crippen LogP contribution in [0.3, 0.4) is 0 Å². The summed E-state index contributed by atoms with van der Waals surface area (Å²) in [6.07, 6.45) is 2.22. The average molecular weight is 414 g/mol. The molecular weight excluding hydrogens is 390 g/mol. The van der Waals surface area contributed by atoms with E-state index in [1.165, 1.54) is 29.1 Å². The highest BCUT2D eigenvalue weighted by Gasteiger charge is 2.35. The molecular formula is C17H23N3O5S2. The number of fused-ring (bicyclic) bond motifs is 1. The summed E-state index contributed by atoms with van der Waals surface area (Å²) >= 11 is 1.17. The zero-order chi connectivity index (χ0) is 19.9. The Hall–Kier alpha value is -1.78. The van der Waals surface area contributed by atoms with Gasteiger partial charge < -0.3 is 4.74 Å². The first-order valence-corrected chi connectivity index (χ1v) is 11.0. The normalized spacial score (nSPS) is 21.5. The molecule has 1 fully saturated rings. The molecule has 10 heteroatoms. The average Bonchev–Trinajstić information content (AvgIpc) is 2.94. The second-order valence-electron chi connectivity index (χ2n) is 7.19. The van der Waals surface area contributed by atoms with Crippen molar-refractivity contribution >= 4 is 37.5 Å². The van der Waals surface area contributed by atoms with E-state index in [4.69, 9.17) is 0 Å². The van der Waals surface area contributed by atoms with E-state index in [2.05, 4.69) is 9.72 Å². The standard InChI is InChI=1S/C17H23N3O5S2/c1-10-5-11(2)7-20(6-10)27(23,24)15-12(3)26-16-14(15)17(22)19(9-18-16)8-13(21)25-4/h9-11H,5-8H2,1-4H3. The molecule has 2 aromatic rings. The number of nitrogens with zero attached hydrogens (tertiary/aromatic N) is 3. The van der Waals surface area contributed by atoms with E-state index in [1.54, 1.807) is 6.92 Å². The molecule has 27 heavy (non-hydrogen) atoms. The summed E-state index contributed by atoms with van der Waals surface area (Å²) in [4.78, 5) is 29.5. The summed E-state index contributed by atoms with van der Waals surface area (Å²) in [5.74, 6) is -0.0982. The quantitative estimate of drug-likeness (QED) is 0.706. The molecule has 2 atom stereocenters. The Bertz CT molecular complexity index is 1030. The van der Waals surface area contributed by atoms with E-state index in [1.807, 2.05) is 13.8 Å². The molecule has 148 valence electrons. The van der Waals surface area contributed by atoms with E-state index in [0.717, 1.165) is 11.0 Å². The number of hydrogen-bond acceptors (Lipinski definition) is 7. The molecule has 0 N–H and O–H groups in total. The Labute approximate surface area is 161 Å². The maximum Gasteiger partial charge on any atom is 0.325 e. The number of piperidine rings is 1. The summed E-state index contributed by atoms with van der Waals surface area (Å²) in [5.41, 5.74) is -0.550. The maximum absolute atomic E-state index is 13.4. The SMILES string of the molecule is COC(=O)Cn1cnc2sc(C)c(S(=O)(=O)N3CC(C)CC(C)C3)c2c1=O. The van der Waals surface area contributed by atoms with Crippen LogP contribution in [0.5, 0.6) is 0 Å². The second-order valence-corrected chi connectivity index (χ2v) is 10.3. The predicted octanol–water partition coefficient (Wildman–Crippen LogP) is 1.61. The lowest BCUT2D eigenvalue weighted by molar-refractivity contribution is -0.141. The monoisotopic (exact) mass is 413 g/mol. The van der Waals surface area contributed by atoms with E-state index in [-0.39, 0.29) is 28.7 Å². The zero-order valence-corrected chi connectivity index (χ0v) is 17.4. The third kappa shape index (κ3) is 3.65. The van der Waals surface area contributed by atoms with Crippen LogP contribution in [-0.2, 0) is 26.1 Å². The second kappa shape index (κ2) is 7.33. The fraction of sp³-hybridized carbons (Fsp3) is 0.588. The van der Waals surface area contributed by atoms with Gasteiger partial charge in [0.25, 0.3) is 5.56 Å². The van der Waals surface area contributed by atoms with Crippen molar-refractivity contribution < 1.29 is 17.9 Å². The number of aromatic nitrogens is 2. The minimum atomic E-state index is -3.84.